The molecule has 2 unspecified atom stereocenters. The molecule has 1 aromatic heterocycles. The lowest BCUT2D eigenvalue weighted by molar-refractivity contribution is -0.0398. The van der Waals surface area contributed by atoms with E-state index in [4.69, 9.17) is 14.0 Å². The van der Waals surface area contributed by atoms with Crippen LogP contribution < -0.4 is 0 Å². The number of aromatic nitrogens is 1. The maximum Gasteiger partial charge on any atom is 0.410 e. The lowest BCUT2D eigenvalue weighted by Crippen LogP contribution is -2.50. The second-order valence-electron chi connectivity index (χ2n) is 10.4. The lowest BCUT2D eigenvalue weighted by atomic mass is 9.99. The molecule has 2 saturated heterocycles. The van der Waals surface area contributed by atoms with Crippen LogP contribution in [0.3, 0.4) is 0 Å². The zero-order valence-electron chi connectivity index (χ0n) is 19.3. The smallest absolute Gasteiger partial charge is 0.410 e. The summed E-state index contributed by atoms with van der Waals surface area (Å²) in [5.74, 6) is -0.446. The van der Waals surface area contributed by atoms with Crippen molar-refractivity contribution in [2.24, 2.45) is 0 Å². The molecule has 8 heteroatoms. The standard InChI is InChI=1S/C25H30F2N2O4/c1-25(2,3)32-24(30)29-15-9-10-16(29)12-17(11-15)31-13-18-22(28-33-23(18)14-7-8-14)21-19(26)5-4-6-20(21)27/h4-6,14-17H,7-13H2,1-3H3. The number of ether oxygens (including phenoxy) is 2. The number of fused-ring (bicyclic) bond motifs is 2. The molecular formula is C25H30F2N2O4. The molecule has 1 amide bonds. The highest BCUT2D eigenvalue weighted by molar-refractivity contribution is 5.69. The first-order chi connectivity index (χ1) is 15.7. The van der Waals surface area contributed by atoms with Crippen LogP contribution in [0.15, 0.2) is 22.7 Å². The number of hydrogen-bond acceptors (Lipinski definition) is 5. The van der Waals surface area contributed by atoms with Crippen LogP contribution in [0.2, 0.25) is 0 Å². The number of carbonyl (C=O) groups excluding carboxylic acids is 1. The summed E-state index contributed by atoms with van der Waals surface area (Å²) in [4.78, 5) is 14.6. The topological polar surface area (TPSA) is 64.8 Å². The zero-order valence-corrected chi connectivity index (χ0v) is 19.3. The highest BCUT2D eigenvalue weighted by Crippen LogP contribution is 2.45. The van der Waals surface area contributed by atoms with Gasteiger partial charge in [-0.3, -0.25) is 0 Å². The Bertz CT molecular complexity index is 1010. The summed E-state index contributed by atoms with van der Waals surface area (Å²) in [5, 5.41) is 4.04. The van der Waals surface area contributed by atoms with E-state index in [2.05, 4.69) is 5.16 Å². The summed E-state index contributed by atoms with van der Waals surface area (Å²) in [6, 6.07) is 3.94. The Balaban J connectivity index is 1.31. The third kappa shape index (κ3) is 4.50. The van der Waals surface area contributed by atoms with Crippen molar-refractivity contribution >= 4 is 6.09 Å². The molecule has 2 atom stereocenters. The average molecular weight is 461 g/mol. The van der Waals surface area contributed by atoms with E-state index >= 15 is 0 Å². The molecule has 2 aliphatic heterocycles. The molecule has 1 aliphatic carbocycles. The van der Waals surface area contributed by atoms with Crippen molar-refractivity contribution in [3.8, 4) is 11.3 Å². The molecule has 0 radical (unpaired) electrons. The Hall–Kier alpha value is -2.48. The molecule has 2 bridgehead atoms. The van der Waals surface area contributed by atoms with Crippen LogP contribution in [0.1, 0.15) is 76.5 Å². The summed E-state index contributed by atoms with van der Waals surface area (Å²) in [5.41, 5.74) is 0.104. The number of piperidine rings is 1. The maximum absolute atomic E-state index is 14.5. The molecule has 0 spiro atoms. The van der Waals surface area contributed by atoms with Gasteiger partial charge in [-0.15, -0.1) is 0 Å². The van der Waals surface area contributed by atoms with Crippen molar-refractivity contribution < 1.29 is 27.6 Å². The zero-order chi connectivity index (χ0) is 23.3. The van der Waals surface area contributed by atoms with Crippen LogP contribution in [0.5, 0.6) is 0 Å². The maximum atomic E-state index is 14.5. The van der Waals surface area contributed by atoms with Gasteiger partial charge >= 0.3 is 6.09 Å². The average Bonchev–Trinajstić information content (AvgIpc) is 3.43. The van der Waals surface area contributed by atoms with Crippen molar-refractivity contribution in [2.75, 3.05) is 0 Å². The van der Waals surface area contributed by atoms with Gasteiger partial charge in [-0.05, 0) is 71.4 Å². The molecule has 3 fully saturated rings. The Morgan fingerprint density at radius 3 is 2.33 bits per heavy atom. The number of amides is 1. The molecular weight excluding hydrogens is 430 g/mol. The van der Waals surface area contributed by atoms with E-state index in [0.717, 1.165) is 25.7 Å². The normalized spacial score (nSPS) is 24.9. The van der Waals surface area contributed by atoms with Gasteiger partial charge in [0, 0.05) is 23.6 Å². The van der Waals surface area contributed by atoms with Gasteiger partial charge in [0.2, 0.25) is 0 Å². The van der Waals surface area contributed by atoms with Gasteiger partial charge in [-0.2, -0.15) is 0 Å². The number of benzene rings is 1. The SMILES string of the molecule is CC(C)(C)OC(=O)N1C2CCC1CC(OCc1c(-c3c(F)cccc3F)noc1C1CC1)C2. The van der Waals surface area contributed by atoms with E-state index in [-0.39, 0.29) is 48.1 Å². The Morgan fingerprint density at radius 2 is 1.76 bits per heavy atom. The number of hydrogen-bond donors (Lipinski definition) is 0. The molecule has 0 N–H and O–H groups in total. The molecule has 2 aromatic rings. The molecule has 6 nitrogen and oxygen atoms in total. The van der Waals surface area contributed by atoms with Crippen LogP contribution in [0.25, 0.3) is 11.3 Å². The fourth-order valence-corrected chi connectivity index (χ4v) is 5.13. The van der Waals surface area contributed by atoms with Crippen molar-refractivity contribution in [1.82, 2.24) is 10.1 Å². The number of carbonyl (C=O) groups is 1. The number of halogens is 2. The van der Waals surface area contributed by atoms with Crippen molar-refractivity contribution in [3.63, 3.8) is 0 Å². The van der Waals surface area contributed by atoms with E-state index in [1.165, 1.54) is 18.2 Å². The first kappa shape index (κ1) is 22.3. The van der Waals surface area contributed by atoms with Crippen LogP contribution in [-0.4, -0.2) is 39.9 Å². The van der Waals surface area contributed by atoms with Gasteiger partial charge in [0.05, 0.1) is 18.3 Å². The Morgan fingerprint density at radius 1 is 1.12 bits per heavy atom. The van der Waals surface area contributed by atoms with Crippen LogP contribution >= 0.6 is 0 Å². The molecule has 1 aromatic carbocycles. The Kier molecular flexibility index (Phi) is 5.67. The third-order valence-electron chi connectivity index (χ3n) is 6.72. The minimum atomic E-state index is -0.671. The molecule has 3 heterocycles. The van der Waals surface area contributed by atoms with Gasteiger partial charge in [-0.25, -0.2) is 13.6 Å². The van der Waals surface area contributed by atoms with Gasteiger partial charge in [-0.1, -0.05) is 11.2 Å². The largest absolute Gasteiger partial charge is 0.444 e. The van der Waals surface area contributed by atoms with Crippen LogP contribution in [0.4, 0.5) is 13.6 Å². The second-order valence-corrected chi connectivity index (χ2v) is 10.4. The second kappa shape index (κ2) is 8.38. The van der Waals surface area contributed by atoms with E-state index in [1.54, 1.807) is 0 Å². The van der Waals surface area contributed by atoms with Crippen molar-refractivity contribution in [1.29, 1.82) is 0 Å². The monoisotopic (exact) mass is 460 g/mol. The fourth-order valence-electron chi connectivity index (χ4n) is 5.13. The summed E-state index contributed by atoms with van der Waals surface area (Å²) in [7, 11) is 0. The minimum Gasteiger partial charge on any atom is -0.444 e. The van der Waals surface area contributed by atoms with Gasteiger partial charge < -0.3 is 18.9 Å². The number of nitrogens with zero attached hydrogens (tertiary/aromatic N) is 2. The number of rotatable bonds is 5. The first-order valence-electron chi connectivity index (χ1n) is 11.8. The molecule has 1 saturated carbocycles. The van der Waals surface area contributed by atoms with Gasteiger partial charge in [0.15, 0.2) is 0 Å². The summed E-state index contributed by atoms with van der Waals surface area (Å²) >= 11 is 0. The van der Waals surface area contributed by atoms with Crippen LogP contribution in [-0.2, 0) is 16.1 Å². The summed E-state index contributed by atoms with van der Waals surface area (Å²) in [6.07, 6.45) is 4.90. The quantitative estimate of drug-likeness (QED) is 0.552. The fraction of sp³-hybridized carbons (Fsp3) is 0.600. The lowest BCUT2D eigenvalue weighted by Gasteiger charge is -2.39. The van der Waals surface area contributed by atoms with E-state index in [0.29, 0.717) is 24.2 Å². The van der Waals surface area contributed by atoms with Crippen molar-refractivity contribution in [2.45, 2.75) is 95.6 Å². The van der Waals surface area contributed by atoms with E-state index in [9.17, 15) is 13.6 Å². The Labute approximate surface area is 192 Å². The highest BCUT2D eigenvalue weighted by atomic mass is 19.1. The molecule has 3 aliphatic rings. The highest BCUT2D eigenvalue weighted by Gasteiger charge is 2.45. The summed E-state index contributed by atoms with van der Waals surface area (Å²) in [6.45, 7) is 5.79. The van der Waals surface area contributed by atoms with Gasteiger partial charge in [0.25, 0.3) is 0 Å². The van der Waals surface area contributed by atoms with Crippen LogP contribution in [0, 0.1) is 11.6 Å². The molecule has 178 valence electrons. The van der Waals surface area contributed by atoms with Crippen molar-refractivity contribution in [3.05, 3.63) is 41.2 Å². The molecule has 5 rings (SSSR count). The predicted octanol–water partition coefficient (Wildman–Crippen LogP) is 5.94. The first-order valence-corrected chi connectivity index (χ1v) is 11.8. The molecule has 33 heavy (non-hydrogen) atoms. The minimum absolute atomic E-state index is 0.0542. The third-order valence-corrected chi connectivity index (χ3v) is 6.72. The van der Waals surface area contributed by atoms with E-state index in [1.807, 2.05) is 25.7 Å². The van der Waals surface area contributed by atoms with E-state index < -0.39 is 17.2 Å². The summed E-state index contributed by atoms with van der Waals surface area (Å²) < 4.78 is 46.4. The predicted molar refractivity (Wildman–Crippen MR) is 117 cm³/mol. The van der Waals surface area contributed by atoms with Gasteiger partial charge in [0.1, 0.15) is 28.7 Å².